The number of rotatable bonds is 4. The summed E-state index contributed by atoms with van der Waals surface area (Å²) in [5.74, 6) is -0.239. The molecule has 1 aliphatic rings. The molecular weight excluding hydrogens is 458 g/mol. The van der Waals surface area contributed by atoms with Gasteiger partial charge in [0.15, 0.2) is 5.13 Å². The molecule has 1 N–H and O–H groups in total. The monoisotopic (exact) mass is 475 g/mol. The third kappa shape index (κ3) is 3.90. The number of likely N-dealkylation sites (tertiary alicyclic amines) is 1. The van der Waals surface area contributed by atoms with Crippen molar-refractivity contribution in [1.29, 1.82) is 0 Å². The molecule has 1 aromatic carbocycles. The van der Waals surface area contributed by atoms with Crippen LogP contribution in [0, 0.1) is 6.92 Å². The predicted molar refractivity (Wildman–Crippen MR) is 117 cm³/mol. The molecule has 0 spiro atoms. The zero-order chi connectivity index (χ0) is 19.7. The highest BCUT2D eigenvalue weighted by molar-refractivity contribution is 9.10. The fourth-order valence-corrected chi connectivity index (χ4v) is 5.12. The number of halogens is 1. The van der Waals surface area contributed by atoms with E-state index < -0.39 is 6.04 Å². The summed E-state index contributed by atoms with van der Waals surface area (Å²) in [5, 5.41) is 5.37. The third-order valence-electron chi connectivity index (χ3n) is 4.69. The van der Waals surface area contributed by atoms with Gasteiger partial charge < -0.3 is 10.2 Å². The number of hydrogen-bond donors (Lipinski definition) is 1. The van der Waals surface area contributed by atoms with Gasteiger partial charge in [0, 0.05) is 21.5 Å². The van der Waals surface area contributed by atoms with E-state index in [9.17, 15) is 9.59 Å². The number of aromatic nitrogens is 1. The summed E-state index contributed by atoms with van der Waals surface area (Å²) in [7, 11) is 0. The van der Waals surface area contributed by atoms with Crippen LogP contribution in [0.15, 0.2) is 46.3 Å². The second-order valence-electron chi connectivity index (χ2n) is 6.55. The highest BCUT2D eigenvalue weighted by atomic mass is 79.9. The van der Waals surface area contributed by atoms with Crippen LogP contribution in [-0.2, 0) is 4.79 Å². The maximum Gasteiger partial charge on any atom is 0.264 e. The van der Waals surface area contributed by atoms with Gasteiger partial charge in [0.2, 0.25) is 5.91 Å². The lowest BCUT2D eigenvalue weighted by molar-refractivity contribution is -0.119. The van der Waals surface area contributed by atoms with Gasteiger partial charge in [-0.05, 0) is 43.3 Å². The van der Waals surface area contributed by atoms with Crippen molar-refractivity contribution in [1.82, 2.24) is 9.88 Å². The fourth-order valence-electron chi connectivity index (χ4n) is 3.34. The van der Waals surface area contributed by atoms with E-state index in [0.717, 1.165) is 27.0 Å². The molecule has 8 heteroatoms. The molecule has 1 saturated heterocycles. The van der Waals surface area contributed by atoms with Crippen LogP contribution in [0.1, 0.15) is 27.4 Å². The topological polar surface area (TPSA) is 62.3 Å². The summed E-state index contributed by atoms with van der Waals surface area (Å²) in [6.07, 6.45) is 1.50. The fraction of sp³-hybridized carbons (Fsp3) is 0.250. The summed E-state index contributed by atoms with van der Waals surface area (Å²) in [6.45, 7) is 2.60. The van der Waals surface area contributed by atoms with E-state index in [4.69, 9.17) is 0 Å². The van der Waals surface area contributed by atoms with Gasteiger partial charge >= 0.3 is 0 Å². The van der Waals surface area contributed by atoms with E-state index in [-0.39, 0.29) is 11.8 Å². The van der Waals surface area contributed by atoms with Crippen molar-refractivity contribution in [3.05, 3.63) is 56.0 Å². The minimum absolute atomic E-state index is 0.0708. The summed E-state index contributed by atoms with van der Waals surface area (Å²) in [6, 6.07) is 11.1. The van der Waals surface area contributed by atoms with Gasteiger partial charge in [-0.2, -0.15) is 0 Å². The zero-order valence-corrected chi connectivity index (χ0v) is 18.4. The van der Waals surface area contributed by atoms with Crippen molar-refractivity contribution < 1.29 is 9.59 Å². The molecule has 2 aromatic heterocycles. The minimum Gasteiger partial charge on any atom is -0.326 e. The third-order valence-corrected chi connectivity index (χ3v) is 6.97. The Bertz CT molecular complexity index is 999. The molecule has 1 atom stereocenters. The smallest absolute Gasteiger partial charge is 0.264 e. The Morgan fingerprint density at radius 2 is 2.04 bits per heavy atom. The van der Waals surface area contributed by atoms with E-state index in [1.165, 1.54) is 22.7 Å². The number of nitrogens with one attached hydrogen (secondary N) is 1. The second kappa shape index (κ2) is 8.14. The molecule has 144 valence electrons. The molecule has 1 aliphatic heterocycles. The maximum atomic E-state index is 12.9. The molecule has 0 radical (unpaired) electrons. The number of thiazole rings is 1. The van der Waals surface area contributed by atoms with Crippen LogP contribution in [0.4, 0.5) is 5.13 Å². The van der Waals surface area contributed by atoms with E-state index in [2.05, 4.69) is 26.2 Å². The predicted octanol–water partition coefficient (Wildman–Crippen LogP) is 5.19. The Kier molecular flexibility index (Phi) is 5.61. The Labute approximate surface area is 179 Å². The van der Waals surface area contributed by atoms with Crippen molar-refractivity contribution in [2.75, 3.05) is 11.9 Å². The van der Waals surface area contributed by atoms with Crippen LogP contribution < -0.4 is 5.32 Å². The van der Waals surface area contributed by atoms with Crippen LogP contribution in [0.25, 0.3) is 11.3 Å². The van der Waals surface area contributed by atoms with Crippen LogP contribution in [0.2, 0.25) is 0 Å². The molecule has 3 aromatic rings. The minimum atomic E-state index is -0.449. The molecule has 1 unspecified atom stereocenters. The number of anilines is 1. The van der Waals surface area contributed by atoms with Gasteiger partial charge in [-0.15, -0.1) is 22.7 Å². The first kappa shape index (κ1) is 19.3. The van der Waals surface area contributed by atoms with Crippen LogP contribution >= 0.6 is 38.6 Å². The molecule has 4 rings (SSSR count). The molecule has 3 heterocycles. The first-order chi connectivity index (χ1) is 13.5. The molecular formula is C20H18BrN3O2S2. The van der Waals surface area contributed by atoms with Gasteiger partial charge in [-0.25, -0.2) is 4.98 Å². The summed E-state index contributed by atoms with van der Waals surface area (Å²) in [4.78, 5) is 33.5. The highest BCUT2D eigenvalue weighted by Crippen LogP contribution is 2.32. The molecule has 0 aliphatic carbocycles. The number of amides is 2. The highest BCUT2D eigenvalue weighted by Gasteiger charge is 2.35. The Morgan fingerprint density at radius 3 is 2.75 bits per heavy atom. The molecule has 0 saturated carbocycles. The number of thiophene rings is 1. The largest absolute Gasteiger partial charge is 0.326 e. The number of hydrogen-bond acceptors (Lipinski definition) is 5. The molecule has 5 nitrogen and oxygen atoms in total. The average Bonchev–Trinajstić information content (AvgIpc) is 3.43. The number of nitrogens with zero attached hydrogens (tertiary/aromatic N) is 2. The number of carbonyl (C=O) groups excluding carboxylic acids is 2. The lowest BCUT2D eigenvalue weighted by Gasteiger charge is -2.22. The van der Waals surface area contributed by atoms with Crippen molar-refractivity contribution in [2.45, 2.75) is 25.8 Å². The average molecular weight is 476 g/mol. The zero-order valence-electron chi connectivity index (χ0n) is 15.1. The Morgan fingerprint density at radius 1 is 1.25 bits per heavy atom. The van der Waals surface area contributed by atoms with Gasteiger partial charge in [0.1, 0.15) is 6.04 Å². The molecule has 28 heavy (non-hydrogen) atoms. The van der Waals surface area contributed by atoms with Gasteiger partial charge in [-0.3, -0.25) is 9.59 Å². The Balaban J connectivity index is 1.50. The maximum absolute atomic E-state index is 12.9. The normalized spacial score (nSPS) is 16.4. The van der Waals surface area contributed by atoms with Gasteiger partial charge in [0.25, 0.3) is 5.91 Å². The van der Waals surface area contributed by atoms with Gasteiger partial charge in [-0.1, -0.05) is 34.1 Å². The van der Waals surface area contributed by atoms with Crippen molar-refractivity contribution in [2.24, 2.45) is 0 Å². The van der Waals surface area contributed by atoms with Crippen molar-refractivity contribution in [3.63, 3.8) is 0 Å². The van der Waals surface area contributed by atoms with Crippen LogP contribution in [0.3, 0.4) is 0 Å². The SMILES string of the molecule is Cc1sc(NC(=O)C2CCCN2C(=O)c2cccs2)nc1-c1ccc(Br)cc1. The van der Waals surface area contributed by atoms with Crippen LogP contribution in [-0.4, -0.2) is 34.3 Å². The van der Waals surface area contributed by atoms with E-state index in [0.29, 0.717) is 23.0 Å². The quantitative estimate of drug-likeness (QED) is 0.564. The first-order valence-electron chi connectivity index (χ1n) is 8.91. The lowest BCUT2D eigenvalue weighted by atomic mass is 10.1. The molecule has 1 fully saturated rings. The van der Waals surface area contributed by atoms with E-state index >= 15 is 0 Å². The standard InChI is InChI=1S/C20H18BrN3O2S2/c1-12-17(13-6-8-14(21)9-7-13)22-20(28-12)23-18(25)15-4-2-10-24(15)19(26)16-5-3-11-27-16/h3,5-9,11,15H,2,4,10H2,1H3,(H,22,23,25). The lowest BCUT2D eigenvalue weighted by Crippen LogP contribution is -2.42. The number of carbonyl (C=O) groups is 2. The van der Waals surface area contributed by atoms with Gasteiger partial charge in [0.05, 0.1) is 10.6 Å². The summed E-state index contributed by atoms with van der Waals surface area (Å²) in [5.41, 5.74) is 1.87. The Hall–Kier alpha value is -2.03. The first-order valence-corrected chi connectivity index (χ1v) is 11.4. The summed E-state index contributed by atoms with van der Waals surface area (Å²) < 4.78 is 1.01. The van der Waals surface area contributed by atoms with E-state index in [1.807, 2.05) is 42.6 Å². The van der Waals surface area contributed by atoms with Crippen LogP contribution in [0.5, 0.6) is 0 Å². The number of aryl methyl sites for hydroxylation is 1. The van der Waals surface area contributed by atoms with Crippen molar-refractivity contribution >= 4 is 55.5 Å². The molecule has 2 amide bonds. The molecule has 0 bridgehead atoms. The second-order valence-corrected chi connectivity index (χ2v) is 9.62. The number of benzene rings is 1. The van der Waals surface area contributed by atoms with Crippen molar-refractivity contribution in [3.8, 4) is 11.3 Å². The summed E-state index contributed by atoms with van der Waals surface area (Å²) >= 11 is 6.29. The van der Waals surface area contributed by atoms with E-state index in [1.54, 1.807) is 11.0 Å².